The van der Waals surface area contributed by atoms with E-state index in [4.69, 9.17) is 0 Å². The Morgan fingerprint density at radius 1 is 1.20 bits per heavy atom. The third kappa shape index (κ3) is 3.59. The molecule has 0 radical (unpaired) electrons. The fraction of sp³-hybridized carbons (Fsp3) is 0.538. The molecule has 1 unspecified atom stereocenters. The van der Waals surface area contributed by atoms with Gasteiger partial charge in [0, 0.05) is 5.56 Å². The number of alkyl halides is 5. The van der Waals surface area contributed by atoms with Gasteiger partial charge in [-0.1, -0.05) is 25.1 Å². The molecule has 1 rings (SSSR count). The standard InChI is InChI=1S/C13H16F5NO/c1-3-8-19-12(2,13(16,17)18)9-6-4-5-7-10(9)20-11(14)15/h4-7,11,19H,3,8H2,1-2H3. The smallest absolute Gasteiger partial charge is 0.410 e. The molecule has 0 amide bonds. The van der Waals surface area contributed by atoms with E-state index in [2.05, 4.69) is 10.1 Å². The second-order valence-electron chi connectivity index (χ2n) is 4.42. The zero-order valence-electron chi connectivity index (χ0n) is 11.1. The summed E-state index contributed by atoms with van der Waals surface area (Å²) in [4.78, 5) is 0. The zero-order valence-corrected chi connectivity index (χ0v) is 11.1. The highest BCUT2D eigenvalue weighted by Crippen LogP contribution is 2.42. The van der Waals surface area contributed by atoms with Crippen molar-refractivity contribution in [2.75, 3.05) is 6.54 Å². The quantitative estimate of drug-likeness (QED) is 0.799. The predicted molar refractivity (Wildman–Crippen MR) is 64.8 cm³/mol. The minimum absolute atomic E-state index is 0.0963. The number of hydrogen-bond donors (Lipinski definition) is 1. The second kappa shape index (κ2) is 6.39. The topological polar surface area (TPSA) is 21.3 Å². The first-order valence-electron chi connectivity index (χ1n) is 6.08. The molecular weight excluding hydrogens is 281 g/mol. The SMILES string of the molecule is CCCNC(C)(c1ccccc1OC(F)F)C(F)(F)F. The van der Waals surface area contributed by atoms with Crippen molar-refractivity contribution >= 4 is 0 Å². The summed E-state index contributed by atoms with van der Waals surface area (Å²) < 4.78 is 68.8. The summed E-state index contributed by atoms with van der Waals surface area (Å²) in [5, 5.41) is 2.37. The first-order chi connectivity index (χ1) is 9.22. The van der Waals surface area contributed by atoms with Crippen LogP contribution in [0.25, 0.3) is 0 Å². The van der Waals surface area contributed by atoms with Gasteiger partial charge in [-0.15, -0.1) is 0 Å². The van der Waals surface area contributed by atoms with Gasteiger partial charge in [0.15, 0.2) is 0 Å². The minimum atomic E-state index is -4.65. The largest absolute Gasteiger partial charge is 0.434 e. The van der Waals surface area contributed by atoms with Gasteiger partial charge in [0.2, 0.25) is 0 Å². The van der Waals surface area contributed by atoms with E-state index in [-0.39, 0.29) is 12.1 Å². The highest BCUT2D eigenvalue weighted by molar-refractivity contribution is 5.40. The van der Waals surface area contributed by atoms with Gasteiger partial charge in [0.25, 0.3) is 0 Å². The van der Waals surface area contributed by atoms with Crippen LogP contribution in [0.4, 0.5) is 22.0 Å². The monoisotopic (exact) mass is 297 g/mol. The second-order valence-corrected chi connectivity index (χ2v) is 4.42. The predicted octanol–water partition coefficient (Wildman–Crippen LogP) is 4.07. The average Bonchev–Trinajstić information content (AvgIpc) is 2.34. The Morgan fingerprint density at radius 2 is 1.80 bits per heavy atom. The number of nitrogens with one attached hydrogen (secondary N) is 1. The molecule has 0 aliphatic carbocycles. The highest BCUT2D eigenvalue weighted by Gasteiger charge is 2.53. The fourth-order valence-corrected chi connectivity index (χ4v) is 1.80. The van der Waals surface area contributed by atoms with Crippen LogP contribution >= 0.6 is 0 Å². The summed E-state index contributed by atoms with van der Waals surface area (Å²) in [6.45, 7) is -0.458. The van der Waals surface area contributed by atoms with Crippen molar-refractivity contribution in [3.05, 3.63) is 29.8 Å². The molecule has 0 saturated carbocycles. The molecule has 0 bridgehead atoms. The highest BCUT2D eigenvalue weighted by atomic mass is 19.4. The Kier molecular flexibility index (Phi) is 5.33. The third-order valence-electron chi connectivity index (χ3n) is 2.94. The van der Waals surface area contributed by atoms with Crippen LogP contribution in [-0.2, 0) is 5.54 Å². The first kappa shape index (κ1) is 16.7. The van der Waals surface area contributed by atoms with Gasteiger partial charge >= 0.3 is 12.8 Å². The molecule has 20 heavy (non-hydrogen) atoms. The number of ether oxygens (including phenoxy) is 1. The van der Waals surface area contributed by atoms with E-state index in [9.17, 15) is 22.0 Å². The van der Waals surface area contributed by atoms with Crippen molar-refractivity contribution in [3.63, 3.8) is 0 Å². The lowest BCUT2D eigenvalue weighted by Gasteiger charge is -2.34. The molecule has 2 nitrogen and oxygen atoms in total. The molecule has 0 heterocycles. The first-order valence-corrected chi connectivity index (χ1v) is 6.08. The third-order valence-corrected chi connectivity index (χ3v) is 2.94. The molecule has 1 N–H and O–H groups in total. The van der Waals surface area contributed by atoms with Crippen LogP contribution in [0, 0.1) is 0 Å². The fourth-order valence-electron chi connectivity index (χ4n) is 1.80. The van der Waals surface area contributed by atoms with Crippen molar-refractivity contribution in [1.82, 2.24) is 5.32 Å². The summed E-state index contributed by atoms with van der Waals surface area (Å²) in [5.41, 5.74) is -2.81. The Morgan fingerprint density at radius 3 is 2.30 bits per heavy atom. The molecule has 1 atom stereocenters. The van der Waals surface area contributed by atoms with Gasteiger partial charge < -0.3 is 10.1 Å². The molecule has 0 saturated heterocycles. The molecule has 114 valence electrons. The van der Waals surface area contributed by atoms with Gasteiger partial charge in [-0.2, -0.15) is 22.0 Å². The number of hydrogen-bond acceptors (Lipinski definition) is 2. The van der Waals surface area contributed by atoms with Crippen molar-refractivity contribution in [2.45, 2.75) is 38.6 Å². The lowest BCUT2D eigenvalue weighted by molar-refractivity contribution is -0.196. The van der Waals surface area contributed by atoms with Crippen LogP contribution in [0.3, 0.4) is 0 Å². The van der Waals surface area contributed by atoms with Crippen molar-refractivity contribution in [2.24, 2.45) is 0 Å². The van der Waals surface area contributed by atoms with Crippen LogP contribution in [0.2, 0.25) is 0 Å². The lowest BCUT2D eigenvalue weighted by Crippen LogP contribution is -2.52. The summed E-state index contributed by atoms with van der Waals surface area (Å²) in [7, 11) is 0. The van der Waals surface area contributed by atoms with E-state index in [0.717, 1.165) is 19.1 Å². The summed E-state index contributed by atoms with van der Waals surface area (Å²) in [6, 6.07) is 4.93. The van der Waals surface area contributed by atoms with Crippen molar-refractivity contribution in [3.8, 4) is 5.75 Å². The molecule has 0 aliphatic rings. The molecule has 0 spiro atoms. The molecule has 0 aromatic heterocycles. The van der Waals surface area contributed by atoms with E-state index in [1.54, 1.807) is 6.92 Å². The Bertz CT molecular complexity index is 435. The van der Waals surface area contributed by atoms with Crippen molar-refractivity contribution in [1.29, 1.82) is 0 Å². The minimum Gasteiger partial charge on any atom is -0.434 e. The average molecular weight is 297 g/mol. The van der Waals surface area contributed by atoms with Gasteiger partial charge in [-0.05, 0) is 26.0 Å². The van der Waals surface area contributed by atoms with Gasteiger partial charge in [0.1, 0.15) is 11.3 Å². The molecule has 0 fully saturated rings. The van der Waals surface area contributed by atoms with Crippen molar-refractivity contribution < 1.29 is 26.7 Å². The van der Waals surface area contributed by atoms with Crippen LogP contribution in [0.1, 0.15) is 25.8 Å². The molecule has 1 aromatic rings. The van der Waals surface area contributed by atoms with Crippen LogP contribution in [-0.4, -0.2) is 19.3 Å². The molecule has 0 aliphatic heterocycles. The normalized spacial score (nSPS) is 15.2. The van der Waals surface area contributed by atoms with Crippen LogP contribution < -0.4 is 10.1 Å². The summed E-state index contributed by atoms with van der Waals surface area (Å²) in [6.07, 6.45) is -4.17. The Labute approximate surface area is 113 Å². The van der Waals surface area contributed by atoms with E-state index < -0.39 is 24.1 Å². The maximum absolute atomic E-state index is 13.3. The van der Waals surface area contributed by atoms with Gasteiger partial charge in [-0.25, -0.2) is 0 Å². The molecular formula is C13H16F5NO. The maximum Gasteiger partial charge on any atom is 0.410 e. The number of halogens is 5. The van der Waals surface area contributed by atoms with E-state index in [1.807, 2.05) is 0 Å². The van der Waals surface area contributed by atoms with Gasteiger partial charge in [-0.3, -0.25) is 0 Å². The number of para-hydroxylation sites is 1. The summed E-state index contributed by atoms with van der Waals surface area (Å²) in [5.74, 6) is -0.481. The maximum atomic E-state index is 13.3. The molecule has 1 aromatic carbocycles. The molecule has 7 heteroatoms. The Hall–Kier alpha value is -1.37. The summed E-state index contributed by atoms with van der Waals surface area (Å²) >= 11 is 0. The Balaban J connectivity index is 3.27. The number of benzene rings is 1. The number of rotatable bonds is 6. The zero-order chi connectivity index (χ0) is 15.4. The van der Waals surface area contributed by atoms with E-state index >= 15 is 0 Å². The lowest BCUT2D eigenvalue weighted by atomic mass is 9.90. The van der Waals surface area contributed by atoms with Crippen LogP contribution in [0.5, 0.6) is 5.75 Å². The van der Waals surface area contributed by atoms with E-state index in [0.29, 0.717) is 6.42 Å². The van der Waals surface area contributed by atoms with E-state index in [1.165, 1.54) is 12.1 Å². The van der Waals surface area contributed by atoms with Crippen LogP contribution in [0.15, 0.2) is 24.3 Å². The van der Waals surface area contributed by atoms with Gasteiger partial charge in [0.05, 0.1) is 0 Å².